The van der Waals surface area contributed by atoms with Crippen molar-refractivity contribution in [3.05, 3.63) is 57.6 Å². The van der Waals surface area contributed by atoms with Gasteiger partial charge in [0.1, 0.15) is 11.5 Å². The first-order chi connectivity index (χ1) is 9.81. The van der Waals surface area contributed by atoms with Crippen LogP contribution in [0.3, 0.4) is 0 Å². The lowest BCUT2D eigenvalue weighted by Gasteiger charge is -2.15. The van der Waals surface area contributed by atoms with Gasteiger partial charge in [0.25, 0.3) is 0 Å². The molecule has 0 aromatic heterocycles. The van der Waals surface area contributed by atoms with Crippen LogP contribution >= 0.6 is 31.9 Å². The summed E-state index contributed by atoms with van der Waals surface area (Å²) in [5.41, 5.74) is 0.653. The van der Waals surface area contributed by atoms with Crippen LogP contribution in [0.15, 0.2) is 40.9 Å². The van der Waals surface area contributed by atoms with Gasteiger partial charge in [0.2, 0.25) is 0 Å². The number of hydrogen-bond acceptors (Lipinski definition) is 1. The Bertz CT molecular complexity index is 654. The highest BCUT2D eigenvalue weighted by Gasteiger charge is 2.34. The number of hydrogen-bond donors (Lipinski definition) is 0. The van der Waals surface area contributed by atoms with Crippen LogP contribution in [0.1, 0.15) is 16.7 Å². The molecule has 21 heavy (non-hydrogen) atoms. The fourth-order valence-corrected chi connectivity index (χ4v) is 2.37. The van der Waals surface area contributed by atoms with Crippen LogP contribution in [0.25, 0.3) is 0 Å². The second-order valence-electron chi connectivity index (χ2n) is 4.47. The Morgan fingerprint density at radius 2 is 1.81 bits per heavy atom. The van der Waals surface area contributed by atoms with Gasteiger partial charge in [0.15, 0.2) is 0 Å². The summed E-state index contributed by atoms with van der Waals surface area (Å²) in [6.07, 6.45) is -4.46. The van der Waals surface area contributed by atoms with Crippen molar-refractivity contribution >= 4 is 31.9 Å². The van der Waals surface area contributed by atoms with E-state index in [2.05, 4.69) is 31.9 Å². The summed E-state index contributed by atoms with van der Waals surface area (Å²) in [5.74, 6) is 0.168. The lowest BCUT2D eigenvalue weighted by Crippen LogP contribution is -2.07. The largest absolute Gasteiger partial charge is 0.457 e. The third kappa shape index (κ3) is 4.01. The van der Waals surface area contributed by atoms with Crippen molar-refractivity contribution in [1.29, 1.82) is 0 Å². The minimum Gasteiger partial charge on any atom is -0.457 e. The van der Waals surface area contributed by atoms with Crippen LogP contribution in [-0.2, 0) is 11.5 Å². The topological polar surface area (TPSA) is 9.23 Å². The summed E-state index contributed by atoms with van der Waals surface area (Å²) in [6.45, 7) is 1.84. The van der Waals surface area contributed by atoms with Crippen LogP contribution in [0, 0.1) is 6.92 Å². The maximum atomic E-state index is 13.1. The third-order valence-electron chi connectivity index (χ3n) is 2.86. The van der Waals surface area contributed by atoms with Gasteiger partial charge in [-0.2, -0.15) is 13.2 Å². The molecule has 0 saturated carbocycles. The Balaban J connectivity index is 2.41. The van der Waals surface area contributed by atoms with Gasteiger partial charge >= 0.3 is 6.18 Å². The average molecular weight is 424 g/mol. The zero-order valence-corrected chi connectivity index (χ0v) is 14.1. The molecular formula is C15H11Br2F3O. The van der Waals surface area contributed by atoms with Gasteiger partial charge in [-0.15, -0.1) is 0 Å². The molecular weight excluding hydrogens is 413 g/mol. The fourth-order valence-electron chi connectivity index (χ4n) is 1.78. The summed E-state index contributed by atoms with van der Waals surface area (Å²) in [6, 6.07) is 9.08. The van der Waals surface area contributed by atoms with E-state index < -0.39 is 11.7 Å². The quantitative estimate of drug-likeness (QED) is 0.514. The Labute approximate surface area is 137 Å². The first-order valence-electron chi connectivity index (χ1n) is 6.01. The molecule has 0 saturated heterocycles. The van der Waals surface area contributed by atoms with Crippen LogP contribution in [0.5, 0.6) is 11.5 Å². The normalized spacial score (nSPS) is 11.5. The first kappa shape index (κ1) is 16.4. The fraction of sp³-hybridized carbons (Fsp3) is 0.200. The SMILES string of the molecule is Cc1cc(Oc2ccc(CBr)cc2C(F)(F)F)ccc1Br. The van der Waals surface area contributed by atoms with Crippen molar-refractivity contribution < 1.29 is 17.9 Å². The van der Waals surface area contributed by atoms with Crippen molar-refractivity contribution in [3.63, 3.8) is 0 Å². The summed E-state index contributed by atoms with van der Waals surface area (Å²) >= 11 is 6.49. The highest BCUT2D eigenvalue weighted by atomic mass is 79.9. The predicted molar refractivity (Wildman–Crippen MR) is 83.0 cm³/mol. The van der Waals surface area contributed by atoms with E-state index in [-0.39, 0.29) is 5.75 Å². The molecule has 0 aliphatic carbocycles. The molecule has 0 amide bonds. The number of alkyl halides is 4. The molecule has 0 spiro atoms. The van der Waals surface area contributed by atoms with Crippen molar-refractivity contribution in [1.82, 2.24) is 0 Å². The molecule has 0 unspecified atom stereocenters. The molecule has 0 fully saturated rings. The second kappa shape index (κ2) is 6.40. The van der Waals surface area contributed by atoms with Crippen molar-refractivity contribution in [2.45, 2.75) is 18.4 Å². The number of aryl methyl sites for hydroxylation is 1. The van der Waals surface area contributed by atoms with Crippen LogP contribution in [0.2, 0.25) is 0 Å². The maximum Gasteiger partial charge on any atom is 0.419 e. The highest BCUT2D eigenvalue weighted by molar-refractivity contribution is 9.10. The Hall–Kier alpha value is -1.01. The van der Waals surface area contributed by atoms with Crippen LogP contribution in [0.4, 0.5) is 13.2 Å². The van der Waals surface area contributed by atoms with Gasteiger partial charge in [-0.3, -0.25) is 0 Å². The molecule has 0 bridgehead atoms. The molecule has 0 atom stereocenters. The molecule has 0 aliphatic rings. The zero-order valence-electron chi connectivity index (χ0n) is 11.0. The van der Waals surface area contributed by atoms with Gasteiger partial charge in [-0.1, -0.05) is 37.9 Å². The monoisotopic (exact) mass is 422 g/mol. The summed E-state index contributed by atoms with van der Waals surface area (Å²) in [7, 11) is 0. The van der Waals surface area contributed by atoms with E-state index >= 15 is 0 Å². The van der Waals surface area contributed by atoms with Gasteiger partial charge in [-0.25, -0.2) is 0 Å². The average Bonchev–Trinajstić information content (AvgIpc) is 2.42. The Kier molecular flexibility index (Phi) is 4.99. The van der Waals surface area contributed by atoms with Crippen molar-refractivity contribution in [2.24, 2.45) is 0 Å². The highest BCUT2D eigenvalue weighted by Crippen LogP contribution is 2.39. The second-order valence-corrected chi connectivity index (χ2v) is 5.89. The maximum absolute atomic E-state index is 13.1. The minimum absolute atomic E-state index is 0.200. The third-order valence-corrected chi connectivity index (χ3v) is 4.40. The minimum atomic E-state index is -4.46. The molecule has 112 valence electrons. The Morgan fingerprint density at radius 1 is 1.10 bits per heavy atom. The molecule has 2 aromatic rings. The molecule has 0 heterocycles. The molecule has 2 aromatic carbocycles. The van der Waals surface area contributed by atoms with Crippen LogP contribution in [-0.4, -0.2) is 0 Å². The molecule has 0 N–H and O–H groups in total. The van der Waals surface area contributed by atoms with Gasteiger partial charge in [0, 0.05) is 9.80 Å². The number of benzene rings is 2. The molecule has 1 nitrogen and oxygen atoms in total. The van der Waals surface area contributed by atoms with E-state index in [0.29, 0.717) is 16.6 Å². The van der Waals surface area contributed by atoms with Crippen molar-refractivity contribution in [3.8, 4) is 11.5 Å². The number of ether oxygens (including phenoxy) is 1. The summed E-state index contributed by atoms with van der Waals surface area (Å²) in [4.78, 5) is 0. The molecule has 0 aliphatic heterocycles. The van der Waals surface area contributed by atoms with Gasteiger partial charge < -0.3 is 4.74 Å². The van der Waals surface area contributed by atoms with E-state index in [0.717, 1.165) is 16.1 Å². The van der Waals surface area contributed by atoms with E-state index in [4.69, 9.17) is 4.74 Å². The smallest absolute Gasteiger partial charge is 0.419 e. The molecule has 2 rings (SSSR count). The van der Waals surface area contributed by atoms with E-state index in [1.54, 1.807) is 24.3 Å². The van der Waals surface area contributed by atoms with Gasteiger partial charge in [-0.05, 0) is 48.4 Å². The van der Waals surface area contributed by atoms with E-state index in [9.17, 15) is 13.2 Å². The Morgan fingerprint density at radius 3 is 2.38 bits per heavy atom. The zero-order chi connectivity index (χ0) is 15.6. The van der Waals surface area contributed by atoms with E-state index in [1.807, 2.05) is 6.92 Å². The van der Waals surface area contributed by atoms with E-state index in [1.165, 1.54) is 6.07 Å². The number of halogens is 5. The number of rotatable bonds is 3. The summed E-state index contributed by atoms with van der Waals surface area (Å²) < 4.78 is 45.6. The van der Waals surface area contributed by atoms with Crippen molar-refractivity contribution in [2.75, 3.05) is 0 Å². The lowest BCUT2D eigenvalue weighted by molar-refractivity contribution is -0.138. The standard InChI is InChI=1S/C15H11Br2F3O/c1-9-6-11(3-4-13(9)17)21-14-5-2-10(8-16)7-12(14)15(18,19)20/h2-7H,8H2,1H3. The van der Waals surface area contributed by atoms with Crippen LogP contribution < -0.4 is 4.74 Å². The first-order valence-corrected chi connectivity index (χ1v) is 7.93. The predicted octanol–water partition coefficient (Wildman–Crippen LogP) is 6.46. The summed E-state index contributed by atoms with van der Waals surface area (Å²) in [5, 5.41) is 0.355. The van der Waals surface area contributed by atoms with Gasteiger partial charge in [0.05, 0.1) is 5.56 Å². The molecule has 0 radical (unpaired) electrons. The lowest BCUT2D eigenvalue weighted by atomic mass is 10.1. The molecule has 6 heteroatoms.